The average molecular weight is 837 g/mol. The molecule has 9 rings (SSSR count). The highest BCUT2D eigenvalue weighted by Gasteiger charge is 2.57. The van der Waals surface area contributed by atoms with Crippen LogP contribution in [0.2, 0.25) is 0 Å². The highest BCUT2D eigenvalue weighted by atomic mass is 79.9. The van der Waals surface area contributed by atoms with Crippen molar-refractivity contribution in [2.45, 2.75) is 130 Å². The molecule has 0 heterocycles. The number of hydrogen-bond acceptors (Lipinski definition) is 11. The average Bonchev–Trinajstić information content (AvgIpc) is 2.96. The van der Waals surface area contributed by atoms with Crippen molar-refractivity contribution >= 4 is 58.7 Å². The molecule has 14 heteroatoms. The van der Waals surface area contributed by atoms with Gasteiger partial charge in [0, 0.05) is 29.8 Å². The second-order valence-electron chi connectivity index (χ2n) is 14.0. The Hall–Kier alpha value is -0.730. The van der Waals surface area contributed by atoms with E-state index in [1.807, 2.05) is 27.7 Å². The van der Waals surface area contributed by atoms with E-state index in [0.717, 1.165) is 31.0 Å². The number of nitrogens with zero attached hydrogens (tertiary/aromatic N) is 1. The Balaban J connectivity index is 0. The van der Waals surface area contributed by atoms with E-state index in [4.69, 9.17) is 19.9 Å². The fourth-order valence-corrected chi connectivity index (χ4v) is 7.11. The normalized spacial score (nSPS) is 27.9. The van der Waals surface area contributed by atoms with Crippen LogP contribution in [0.25, 0.3) is 0 Å². The van der Waals surface area contributed by atoms with Crippen molar-refractivity contribution < 1.29 is 33.3 Å². The van der Waals surface area contributed by atoms with Gasteiger partial charge in [0.2, 0.25) is 0 Å². The van der Waals surface area contributed by atoms with Gasteiger partial charge in [0.1, 0.15) is 5.33 Å². The van der Waals surface area contributed by atoms with Crippen LogP contribution in [0.3, 0.4) is 0 Å². The lowest BCUT2D eigenvalue weighted by atomic mass is 9.50. The van der Waals surface area contributed by atoms with E-state index in [2.05, 4.69) is 57.0 Å². The van der Waals surface area contributed by atoms with Gasteiger partial charge in [-0.25, -0.2) is 0 Å². The zero-order valence-electron chi connectivity index (χ0n) is 33.0. The van der Waals surface area contributed by atoms with Crippen LogP contribution in [-0.2, 0) is 33.3 Å². The first-order valence-corrected chi connectivity index (χ1v) is 20.1. The van der Waals surface area contributed by atoms with E-state index in [-0.39, 0.29) is 42.7 Å². The van der Waals surface area contributed by atoms with Crippen LogP contribution in [0.15, 0.2) is 0 Å². The highest BCUT2D eigenvalue weighted by molar-refractivity contribution is 9.09. The molecule has 9 fully saturated rings. The summed E-state index contributed by atoms with van der Waals surface area (Å²) in [5.41, 5.74) is 6.74. The Labute approximate surface area is 330 Å². The number of esters is 3. The molecular formula is C37H73BrCl2N4O7. The summed E-state index contributed by atoms with van der Waals surface area (Å²) in [6, 6.07) is 0. The summed E-state index contributed by atoms with van der Waals surface area (Å²) in [6.45, 7) is 23.4. The van der Waals surface area contributed by atoms with Gasteiger partial charge in [0.25, 0.3) is 0 Å². The Morgan fingerprint density at radius 3 is 1.00 bits per heavy atom. The van der Waals surface area contributed by atoms with E-state index in [1.165, 1.54) is 77.4 Å². The maximum atomic E-state index is 11.0. The molecule has 0 amide bonds. The van der Waals surface area contributed by atoms with Gasteiger partial charge in [-0.05, 0) is 130 Å². The van der Waals surface area contributed by atoms with Crippen LogP contribution >= 0.6 is 40.7 Å². The zero-order chi connectivity index (χ0) is 36.9. The predicted octanol–water partition coefficient (Wildman–Crippen LogP) is 6.06. The standard InChI is InChI=1S/2C9H15NO2.C6H15N.C5H9N.C4H7BrO2.C4H10O.2ClH/c2*1-2-12-8(11)6-10-9-3-7(4-9)5-9;1-4-7(5-2)6-3;6-5-1-4(2-5)3-5;1-2-7-4(6)3-5;1-3-5-4-2;;/h2*7,10H,2-6H2,1H3;4-6H2,1-3H3;4H,1-3,6H2;2-3H2,1H3;3-4H2,1-2H3;2*1H. The number of alkyl halides is 1. The number of nitrogens with one attached hydrogen (secondary N) is 2. The summed E-state index contributed by atoms with van der Waals surface area (Å²) in [5.74, 6) is 2.52. The Morgan fingerprint density at radius 2 is 0.882 bits per heavy atom. The highest BCUT2D eigenvalue weighted by Crippen LogP contribution is 2.57. The van der Waals surface area contributed by atoms with Crippen molar-refractivity contribution in [3.8, 4) is 0 Å². The largest absolute Gasteiger partial charge is 0.465 e. The number of carbonyl (C=O) groups excluding carboxylic acids is 3. The number of hydrogen-bond donors (Lipinski definition) is 3. The minimum atomic E-state index is -0.206. The van der Waals surface area contributed by atoms with Crippen molar-refractivity contribution in [2.24, 2.45) is 23.5 Å². The summed E-state index contributed by atoms with van der Waals surface area (Å²) in [5, 5.41) is 6.84. The molecule has 304 valence electrons. The molecule has 0 atom stereocenters. The maximum absolute atomic E-state index is 11.0. The molecule has 0 spiro atoms. The summed E-state index contributed by atoms with van der Waals surface area (Å²) < 4.78 is 19.0. The van der Waals surface area contributed by atoms with Gasteiger partial charge in [-0.2, -0.15) is 0 Å². The fraction of sp³-hybridized carbons (Fsp3) is 0.919. The van der Waals surface area contributed by atoms with Crippen molar-refractivity contribution in [3.05, 3.63) is 0 Å². The van der Waals surface area contributed by atoms with Gasteiger partial charge in [0.15, 0.2) is 0 Å². The molecule has 0 unspecified atom stereocenters. The molecule has 4 N–H and O–H groups in total. The van der Waals surface area contributed by atoms with E-state index < -0.39 is 0 Å². The number of ether oxygens (including phenoxy) is 4. The van der Waals surface area contributed by atoms with Crippen LogP contribution < -0.4 is 16.4 Å². The van der Waals surface area contributed by atoms with Gasteiger partial charge in [-0.15, -0.1) is 24.8 Å². The lowest BCUT2D eigenvalue weighted by Gasteiger charge is -2.62. The minimum Gasteiger partial charge on any atom is -0.465 e. The fourth-order valence-electron chi connectivity index (χ4n) is 6.95. The monoisotopic (exact) mass is 834 g/mol. The lowest BCUT2D eigenvalue weighted by Crippen LogP contribution is -2.67. The van der Waals surface area contributed by atoms with Gasteiger partial charge in [-0.1, -0.05) is 36.7 Å². The number of halogens is 3. The molecule has 0 radical (unpaired) electrons. The molecule has 0 aromatic carbocycles. The molecule has 6 bridgehead atoms. The SMILES string of the molecule is CCN(CC)CC.CCOC(=O)CBr.CCOC(=O)CNC12CC(C1)C2.CCOC(=O)CNC12CC(C1)C2.CCOCC.Cl.Cl.NC12CC(C1)C2. The van der Waals surface area contributed by atoms with Crippen molar-refractivity contribution in [1.82, 2.24) is 15.5 Å². The summed E-state index contributed by atoms with van der Waals surface area (Å²) in [4.78, 5) is 34.4. The van der Waals surface area contributed by atoms with Crippen molar-refractivity contribution in [1.29, 1.82) is 0 Å². The third-order valence-corrected chi connectivity index (χ3v) is 10.6. The molecule has 9 aliphatic rings. The van der Waals surface area contributed by atoms with Gasteiger partial charge >= 0.3 is 17.9 Å². The molecule has 0 aromatic heterocycles. The Kier molecular flexibility index (Phi) is 28.5. The van der Waals surface area contributed by atoms with Gasteiger partial charge in [0.05, 0.1) is 32.9 Å². The van der Waals surface area contributed by atoms with Crippen LogP contribution in [0.4, 0.5) is 0 Å². The number of carbonyl (C=O) groups is 3. The Bertz CT molecular complexity index is 861. The summed E-state index contributed by atoms with van der Waals surface area (Å²) in [6.07, 6.45) is 11.6. The van der Waals surface area contributed by atoms with E-state index in [1.54, 1.807) is 6.92 Å². The lowest BCUT2D eigenvalue weighted by molar-refractivity contribution is -0.145. The van der Waals surface area contributed by atoms with Crippen molar-refractivity contribution in [3.63, 3.8) is 0 Å². The first kappa shape index (κ1) is 52.4. The maximum Gasteiger partial charge on any atom is 0.319 e. The molecule has 9 aliphatic carbocycles. The molecule has 51 heavy (non-hydrogen) atoms. The van der Waals surface area contributed by atoms with E-state index >= 15 is 0 Å². The van der Waals surface area contributed by atoms with Crippen LogP contribution in [0.1, 0.15) is 113 Å². The van der Waals surface area contributed by atoms with E-state index in [9.17, 15) is 14.4 Å². The molecule has 9 saturated carbocycles. The second kappa shape index (κ2) is 27.8. The molecule has 0 aliphatic heterocycles. The first-order chi connectivity index (χ1) is 23.3. The zero-order valence-corrected chi connectivity index (χ0v) is 36.2. The quantitative estimate of drug-likeness (QED) is 0.101. The first-order valence-electron chi connectivity index (χ1n) is 19.0. The van der Waals surface area contributed by atoms with Crippen LogP contribution in [-0.4, -0.2) is 111 Å². The van der Waals surface area contributed by atoms with Crippen LogP contribution in [0.5, 0.6) is 0 Å². The molecule has 0 aromatic rings. The molecular weight excluding hydrogens is 763 g/mol. The van der Waals surface area contributed by atoms with Gasteiger partial charge < -0.3 is 40.2 Å². The van der Waals surface area contributed by atoms with Crippen molar-refractivity contribution in [2.75, 3.05) is 71.1 Å². The number of rotatable bonds is 15. The Morgan fingerprint density at radius 1 is 0.588 bits per heavy atom. The predicted molar refractivity (Wildman–Crippen MR) is 214 cm³/mol. The molecule has 0 saturated heterocycles. The van der Waals surface area contributed by atoms with Gasteiger partial charge in [-0.3, -0.25) is 14.4 Å². The smallest absolute Gasteiger partial charge is 0.319 e. The summed E-state index contributed by atoms with van der Waals surface area (Å²) >= 11 is 2.94. The summed E-state index contributed by atoms with van der Waals surface area (Å²) in [7, 11) is 0. The van der Waals surface area contributed by atoms with E-state index in [0.29, 0.717) is 54.9 Å². The number of nitrogens with two attached hydrogens (primary N) is 1. The minimum absolute atomic E-state index is 0. The molecule has 11 nitrogen and oxygen atoms in total. The topological polar surface area (TPSA) is 141 Å². The third kappa shape index (κ3) is 19.4. The third-order valence-electron chi connectivity index (χ3n) is 10.2. The van der Waals surface area contributed by atoms with Crippen LogP contribution in [0, 0.1) is 17.8 Å². The second-order valence-corrected chi connectivity index (χ2v) is 14.6.